The van der Waals surface area contributed by atoms with Crippen LogP contribution in [0.15, 0.2) is 53.6 Å². The zero-order valence-electron chi connectivity index (χ0n) is 10.1. The summed E-state index contributed by atoms with van der Waals surface area (Å²) in [4.78, 5) is 0. The Morgan fingerprint density at radius 3 is 2.11 bits per heavy atom. The largest absolute Gasteiger partial charge is 0.302 e. The lowest BCUT2D eigenvalue weighted by molar-refractivity contribution is 0.620. The molecule has 96 valence electrons. The van der Waals surface area contributed by atoms with Gasteiger partial charge in [-0.25, -0.2) is 0 Å². The topological polar surface area (TPSA) is 24.4 Å². The third-order valence-electron chi connectivity index (χ3n) is 3.20. The van der Waals surface area contributed by atoms with Crippen molar-refractivity contribution in [3.63, 3.8) is 0 Å². The number of halogens is 2. The van der Waals surface area contributed by atoms with E-state index in [4.69, 9.17) is 23.2 Å². The minimum Gasteiger partial charge on any atom is -0.302 e. The number of hydrazone groups is 1. The van der Waals surface area contributed by atoms with Crippen LogP contribution in [0.3, 0.4) is 0 Å². The van der Waals surface area contributed by atoms with Crippen molar-refractivity contribution in [2.45, 2.75) is 12.5 Å². The highest BCUT2D eigenvalue weighted by Gasteiger charge is 2.20. The fourth-order valence-corrected chi connectivity index (χ4v) is 2.40. The number of nitrogens with zero attached hydrogens (tertiary/aromatic N) is 1. The third kappa shape index (κ3) is 2.75. The zero-order valence-corrected chi connectivity index (χ0v) is 11.6. The zero-order chi connectivity index (χ0) is 13.2. The fourth-order valence-electron chi connectivity index (χ4n) is 2.15. The minimum absolute atomic E-state index is 0.211. The van der Waals surface area contributed by atoms with Crippen LogP contribution >= 0.6 is 23.2 Å². The molecule has 0 spiro atoms. The van der Waals surface area contributed by atoms with Gasteiger partial charge in [0.1, 0.15) is 0 Å². The summed E-state index contributed by atoms with van der Waals surface area (Å²) in [6, 6.07) is 15.8. The smallest absolute Gasteiger partial charge is 0.0745 e. The van der Waals surface area contributed by atoms with Crippen molar-refractivity contribution in [3.8, 4) is 0 Å². The summed E-state index contributed by atoms with van der Waals surface area (Å²) in [6.07, 6.45) is 0.864. The lowest BCUT2D eigenvalue weighted by Crippen LogP contribution is -2.09. The molecule has 1 aliphatic heterocycles. The van der Waals surface area contributed by atoms with Crippen molar-refractivity contribution in [1.82, 2.24) is 5.43 Å². The Morgan fingerprint density at radius 1 is 0.895 bits per heavy atom. The third-order valence-corrected chi connectivity index (χ3v) is 3.71. The normalized spacial score (nSPS) is 18.0. The summed E-state index contributed by atoms with van der Waals surface area (Å²) in [7, 11) is 0. The molecule has 4 heteroatoms. The Bertz CT molecular complexity index is 603. The van der Waals surface area contributed by atoms with Crippen LogP contribution in [0.1, 0.15) is 23.6 Å². The first-order valence-electron chi connectivity index (χ1n) is 6.06. The van der Waals surface area contributed by atoms with Crippen LogP contribution in [0.2, 0.25) is 10.0 Å². The van der Waals surface area contributed by atoms with Crippen LogP contribution in [0.4, 0.5) is 0 Å². The molecular formula is C15H12Cl2N2. The van der Waals surface area contributed by atoms with Crippen molar-refractivity contribution in [2.75, 3.05) is 0 Å². The van der Waals surface area contributed by atoms with Gasteiger partial charge in [0.25, 0.3) is 0 Å². The summed E-state index contributed by atoms with van der Waals surface area (Å²) in [5, 5.41) is 5.90. The monoisotopic (exact) mass is 290 g/mol. The van der Waals surface area contributed by atoms with Crippen LogP contribution in [0.25, 0.3) is 0 Å². The van der Waals surface area contributed by atoms with Crippen LogP contribution < -0.4 is 5.43 Å². The molecule has 1 atom stereocenters. The van der Waals surface area contributed by atoms with Crippen LogP contribution in [0, 0.1) is 0 Å². The van der Waals surface area contributed by atoms with E-state index in [0.29, 0.717) is 0 Å². The maximum absolute atomic E-state index is 5.90. The molecule has 19 heavy (non-hydrogen) atoms. The molecule has 2 aromatic rings. The van der Waals surface area contributed by atoms with Crippen molar-refractivity contribution in [2.24, 2.45) is 5.10 Å². The van der Waals surface area contributed by atoms with E-state index in [2.05, 4.69) is 10.5 Å². The lowest BCUT2D eigenvalue weighted by Gasteiger charge is -2.09. The number of hydrogen-bond acceptors (Lipinski definition) is 2. The standard InChI is InChI=1S/C15H12Cl2N2/c16-12-5-1-10(2-6-12)14-9-15(19-18-14)11-3-7-13(17)8-4-11/h1-8,14,18H,9H2. The predicted octanol–water partition coefficient (Wildman–Crippen LogP) is 4.43. The van der Waals surface area contributed by atoms with Gasteiger partial charge in [-0.3, -0.25) is 0 Å². The van der Waals surface area contributed by atoms with Gasteiger partial charge in [-0.1, -0.05) is 47.5 Å². The minimum atomic E-state index is 0.211. The van der Waals surface area contributed by atoms with E-state index in [0.717, 1.165) is 27.7 Å². The van der Waals surface area contributed by atoms with Crippen LogP contribution in [-0.2, 0) is 0 Å². The molecule has 3 rings (SSSR count). The number of nitrogens with one attached hydrogen (secondary N) is 1. The molecule has 0 saturated carbocycles. The quantitative estimate of drug-likeness (QED) is 0.869. The van der Waals surface area contributed by atoms with Gasteiger partial charge in [-0.05, 0) is 35.4 Å². The van der Waals surface area contributed by atoms with Crippen molar-refractivity contribution in [3.05, 3.63) is 69.7 Å². The van der Waals surface area contributed by atoms with Crippen molar-refractivity contribution in [1.29, 1.82) is 0 Å². The molecule has 2 nitrogen and oxygen atoms in total. The Balaban J connectivity index is 1.76. The molecule has 1 N–H and O–H groups in total. The van der Waals surface area contributed by atoms with E-state index in [1.807, 2.05) is 48.5 Å². The van der Waals surface area contributed by atoms with Gasteiger partial charge in [0.2, 0.25) is 0 Å². The van der Waals surface area contributed by atoms with Gasteiger partial charge >= 0.3 is 0 Å². The first kappa shape index (κ1) is 12.5. The molecule has 0 saturated heterocycles. The number of hydrogen-bond donors (Lipinski definition) is 1. The number of rotatable bonds is 2. The van der Waals surface area contributed by atoms with Crippen molar-refractivity contribution < 1.29 is 0 Å². The molecule has 0 amide bonds. The van der Waals surface area contributed by atoms with E-state index in [-0.39, 0.29) is 6.04 Å². The summed E-state index contributed by atoms with van der Waals surface area (Å²) in [5.74, 6) is 0. The highest BCUT2D eigenvalue weighted by molar-refractivity contribution is 6.30. The van der Waals surface area contributed by atoms with Gasteiger partial charge in [0.05, 0.1) is 11.8 Å². The summed E-state index contributed by atoms with van der Waals surface area (Å²) in [6.45, 7) is 0. The van der Waals surface area contributed by atoms with E-state index < -0.39 is 0 Å². The van der Waals surface area contributed by atoms with Gasteiger partial charge in [-0.2, -0.15) is 5.10 Å². The highest BCUT2D eigenvalue weighted by atomic mass is 35.5. The highest BCUT2D eigenvalue weighted by Crippen LogP contribution is 2.25. The first-order chi connectivity index (χ1) is 9.22. The Labute approximate surface area is 122 Å². The summed E-state index contributed by atoms with van der Waals surface area (Å²) in [5.41, 5.74) is 6.52. The molecule has 1 unspecified atom stereocenters. The average molecular weight is 291 g/mol. The van der Waals surface area contributed by atoms with E-state index in [9.17, 15) is 0 Å². The molecule has 0 aliphatic carbocycles. The molecule has 2 aromatic carbocycles. The summed E-state index contributed by atoms with van der Waals surface area (Å²) >= 11 is 11.8. The van der Waals surface area contributed by atoms with Gasteiger partial charge in [0.15, 0.2) is 0 Å². The molecule has 0 fully saturated rings. The molecule has 1 heterocycles. The Hall–Kier alpha value is -1.51. The fraction of sp³-hybridized carbons (Fsp3) is 0.133. The van der Waals surface area contributed by atoms with Gasteiger partial charge in [-0.15, -0.1) is 0 Å². The molecule has 0 aromatic heterocycles. The van der Waals surface area contributed by atoms with Crippen molar-refractivity contribution >= 4 is 28.9 Å². The predicted molar refractivity (Wildman–Crippen MR) is 79.9 cm³/mol. The SMILES string of the molecule is Clc1ccc(C2=NNC(c3ccc(Cl)cc3)C2)cc1. The molecular weight excluding hydrogens is 279 g/mol. The second-order valence-corrected chi connectivity index (χ2v) is 5.38. The van der Waals surface area contributed by atoms with Gasteiger partial charge < -0.3 is 5.43 Å². The van der Waals surface area contributed by atoms with Crippen LogP contribution in [-0.4, -0.2) is 5.71 Å². The first-order valence-corrected chi connectivity index (χ1v) is 6.81. The van der Waals surface area contributed by atoms with E-state index in [1.165, 1.54) is 5.56 Å². The molecule has 1 aliphatic rings. The Kier molecular flexibility index (Phi) is 3.45. The van der Waals surface area contributed by atoms with E-state index >= 15 is 0 Å². The molecule has 0 bridgehead atoms. The summed E-state index contributed by atoms with van der Waals surface area (Å²) < 4.78 is 0. The maximum Gasteiger partial charge on any atom is 0.0745 e. The van der Waals surface area contributed by atoms with E-state index in [1.54, 1.807) is 0 Å². The lowest BCUT2D eigenvalue weighted by atomic mass is 9.99. The van der Waals surface area contributed by atoms with Crippen LogP contribution in [0.5, 0.6) is 0 Å². The second-order valence-electron chi connectivity index (χ2n) is 4.50. The second kappa shape index (κ2) is 5.24. The average Bonchev–Trinajstić information content (AvgIpc) is 2.90. The molecule has 0 radical (unpaired) electrons. The number of benzene rings is 2. The Morgan fingerprint density at radius 2 is 1.47 bits per heavy atom. The van der Waals surface area contributed by atoms with Gasteiger partial charge in [0, 0.05) is 16.5 Å². The maximum atomic E-state index is 5.90.